The third kappa shape index (κ3) is 2.89. The van der Waals surface area contributed by atoms with E-state index in [1.165, 1.54) is 0 Å². The lowest BCUT2D eigenvalue weighted by Gasteiger charge is -2.13. The molecule has 0 bridgehead atoms. The highest BCUT2D eigenvalue weighted by molar-refractivity contribution is 9.10. The Bertz CT molecular complexity index is 711. The fourth-order valence-corrected chi connectivity index (χ4v) is 2.76. The molecule has 1 amide bonds. The van der Waals surface area contributed by atoms with E-state index in [4.69, 9.17) is 5.11 Å². The number of aliphatic carboxylic acids is 1. The molecule has 1 atom stereocenters. The molecule has 0 spiro atoms. The number of imidazole rings is 1. The first-order chi connectivity index (χ1) is 10.5. The van der Waals surface area contributed by atoms with Crippen LogP contribution in [-0.2, 0) is 4.79 Å². The first-order valence-electron chi connectivity index (χ1n) is 6.86. The normalized spacial score (nSPS) is 17.7. The van der Waals surface area contributed by atoms with Crippen LogP contribution < -0.4 is 0 Å². The van der Waals surface area contributed by atoms with Gasteiger partial charge >= 0.3 is 5.97 Å². The van der Waals surface area contributed by atoms with E-state index in [0.717, 1.165) is 10.2 Å². The molecule has 6 nitrogen and oxygen atoms in total. The summed E-state index contributed by atoms with van der Waals surface area (Å²) in [5, 5.41) is 9.00. The number of benzene rings is 1. The lowest BCUT2D eigenvalue weighted by atomic mass is 10.1. The number of nitrogens with zero attached hydrogens (tertiary/aromatic N) is 3. The van der Waals surface area contributed by atoms with E-state index in [1.54, 1.807) is 22.0 Å². The molecular weight excluding hydrogens is 350 g/mol. The summed E-state index contributed by atoms with van der Waals surface area (Å²) in [6.45, 7) is 0.709. The number of amides is 1. The molecule has 1 aromatic carbocycles. The second-order valence-electron chi connectivity index (χ2n) is 5.22. The maximum Gasteiger partial charge on any atom is 0.308 e. The molecule has 3 rings (SSSR count). The zero-order valence-corrected chi connectivity index (χ0v) is 13.2. The largest absolute Gasteiger partial charge is 0.481 e. The standard InChI is InChI=1S/C15H14BrN3O3/c16-11-1-3-12(4-2-11)19-8-13(17-9-19)14(20)18-6-5-10(7-18)15(21)22/h1-4,8-10H,5-7H2,(H,21,22). The predicted molar refractivity (Wildman–Crippen MR) is 82.9 cm³/mol. The van der Waals surface area contributed by atoms with Crippen molar-refractivity contribution in [2.24, 2.45) is 5.92 Å². The molecule has 1 aliphatic rings. The van der Waals surface area contributed by atoms with Crippen LogP contribution in [0.4, 0.5) is 0 Å². The second kappa shape index (κ2) is 5.92. The van der Waals surface area contributed by atoms with E-state index < -0.39 is 11.9 Å². The molecule has 1 aliphatic heterocycles. The Balaban J connectivity index is 1.75. The highest BCUT2D eigenvalue weighted by atomic mass is 79.9. The van der Waals surface area contributed by atoms with Gasteiger partial charge in [0.25, 0.3) is 5.91 Å². The zero-order chi connectivity index (χ0) is 15.7. The molecule has 1 aromatic heterocycles. The van der Waals surface area contributed by atoms with Crippen molar-refractivity contribution in [3.05, 3.63) is 47.0 Å². The van der Waals surface area contributed by atoms with Crippen LogP contribution >= 0.6 is 15.9 Å². The Morgan fingerprint density at radius 2 is 2.00 bits per heavy atom. The van der Waals surface area contributed by atoms with Gasteiger partial charge in [-0.25, -0.2) is 4.98 Å². The van der Waals surface area contributed by atoms with Gasteiger partial charge in [0, 0.05) is 29.4 Å². The van der Waals surface area contributed by atoms with Gasteiger partial charge in [0.1, 0.15) is 12.0 Å². The average molecular weight is 364 g/mol. The number of carboxylic acid groups (broad SMARTS) is 1. The van der Waals surface area contributed by atoms with Crippen molar-refractivity contribution in [3.8, 4) is 5.69 Å². The van der Waals surface area contributed by atoms with E-state index >= 15 is 0 Å². The molecule has 114 valence electrons. The van der Waals surface area contributed by atoms with Crippen molar-refractivity contribution in [2.75, 3.05) is 13.1 Å². The Kier molecular flexibility index (Phi) is 3.98. The number of aromatic nitrogens is 2. The number of carbonyl (C=O) groups is 2. The summed E-state index contributed by atoms with van der Waals surface area (Å²) < 4.78 is 2.74. The van der Waals surface area contributed by atoms with E-state index in [2.05, 4.69) is 20.9 Å². The zero-order valence-electron chi connectivity index (χ0n) is 11.6. The lowest BCUT2D eigenvalue weighted by molar-refractivity contribution is -0.141. The Morgan fingerprint density at radius 1 is 1.27 bits per heavy atom. The van der Waals surface area contributed by atoms with Crippen LogP contribution in [0.5, 0.6) is 0 Å². The van der Waals surface area contributed by atoms with Crippen molar-refractivity contribution in [1.29, 1.82) is 0 Å². The molecular formula is C15H14BrN3O3. The summed E-state index contributed by atoms with van der Waals surface area (Å²) in [5.41, 5.74) is 1.23. The van der Waals surface area contributed by atoms with Crippen molar-refractivity contribution in [2.45, 2.75) is 6.42 Å². The molecule has 2 heterocycles. The van der Waals surface area contributed by atoms with Gasteiger partial charge in [-0.15, -0.1) is 0 Å². The molecule has 1 fully saturated rings. The quantitative estimate of drug-likeness (QED) is 0.906. The highest BCUT2D eigenvalue weighted by Gasteiger charge is 2.32. The van der Waals surface area contributed by atoms with Gasteiger partial charge in [-0.2, -0.15) is 0 Å². The first kappa shape index (κ1) is 14.8. The van der Waals surface area contributed by atoms with Gasteiger partial charge in [0.15, 0.2) is 0 Å². The summed E-state index contributed by atoms with van der Waals surface area (Å²) in [6, 6.07) is 7.65. The highest BCUT2D eigenvalue weighted by Crippen LogP contribution is 2.19. The van der Waals surface area contributed by atoms with Crippen molar-refractivity contribution in [3.63, 3.8) is 0 Å². The topological polar surface area (TPSA) is 75.4 Å². The molecule has 2 aromatic rings. The van der Waals surface area contributed by atoms with Crippen LogP contribution in [0, 0.1) is 5.92 Å². The van der Waals surface area contributed by atoms with Gasteiger partial charge in [-0.1, -0.05) is 15.9 Å². The fraction of sp³-hybridized carbons (Fsp3) is 0.267. The van der Waals surface area contributed by atoms with Crippen LogP contribution in [0.15, 0.2) is 41.3 Å². The third-order valence-corrected chi connectivity index (χ3v) is 4.28. The SMILES string of the molecule is O=C(O)C1CCN(C(=O)c2cn(-c3ccc(Br)cc3)cn2)C1. The minimum atomic E-state index is -0.851. The summed E-state index contributed by atoms with van der Waals surface area (Å²) in [5.74, 6) is -1.55. The number of halogens is 1. The number of likely N-dealkylation sites (tertiary alicyclic amines) is 1. The van der Waals surface area contributed by atoms with Gasteiger partial charge in [-0.3, -0.25) is 9.59 Å². The molecule has 1 unspecified atom stereocenters. The summed E-state index contributed by atoms with van der Waals surface area (Å²) in [6.07, 6.45) is 3.75. The molecule has 0 radical (unpaired) electrons. The lowest BCUT2D eigenvalue weighted by Crippen LogP contribution is -2.30. The number of carboxylic acids is 1. The van der Waals surface area contributed by atoms with Crippen LogP contribution in [0.25, 0.3) is 5.69 Å². The Labute approximate surface area is 135 Å². The molecule has 1 saturated heterocycles. The number of hydrogen-bond acceptors (Lipinski definition) is 3. The first-order valence-corrected chi connectivity index (χ1v) is 7.66. The predicted octanol–water partition coefficient (Wildman–Crippen LogP) is 2.18. The monoisotopic (exact) mass is 363 g/mol. The van der Waals surface area contributed by atoms with Crippen LogP contribution in [0.1, 0.15) is 16.9 Å². The van der Waals surface area contributed by atoms with Gasteiger partial charge in [0.2, 0.25) is 0 Å². The molecule has 7 heteroatoms. The number of carbonyl (C=O) groups excluding carboxylic acids is 1. The molecule has 22 heavy (non-hydrogen) atoms. The average Bonchev–Trinajstić information content (AvgIpc) is 3.17. The Hall–Kier alpha value is -2.15. The minimum absolute atomic E-state index is 0.223. The summed E-state index contributed by atoms with van der Waals surface area (Å²) in [7, 11) is 0. The summed E-state index contributed by atoms with van der Waals surface area (Å²) in [4.78, 5) is 29.0. The Morgan fingerprint density at radius 3 is 2.64 bits per heavy atom. The van der Waals surface area contributed by atoms with Crippen LogP contribution in [0.3, 0.4) is 0 Å². The molecule has 1 N–H and O–H groups in total. The maximum atomic E-state index is 12.4. The smallest absolute Gasteiger partial charge is 0.308 e. The second-order valence-corrected chi connectivity index (χ2v) is 6.13. The number of hydrogen-bond donors (Lipinski definition) is 1. The van der Waals surface area contributed by atoms with Gasteiger partial charge in [-0.05, 0) is 30.7 Å². The van der Waals surface area contributed by atoms with E-state index in [1.807, 2.05) is 24.3 Å². The molecule has 0 aliphatic carbocycles. The van der Waals surface area contributed by atoms with E-state index in [9.17, 15) is 9.59 Å². The van der Waals surface area contributed by atoms with Gasteiger partial charge in [0.05, 0.1) is 5.92 Å². The third-order valence-electron chi connectivity index (χ3n) is 3.75. The fourth-order valence-electron chi connectivity index (χ4n) is 2.50. The van der Waals surface area contributed by atoms with E-state index in [-0.39, 0.29) is 12.5 Å². The van der Waals surface area contributed by atoms with Gasteiger partial charge < -0.3 is 14.6 Å². The van der Waals surface area contributed by atoms with Crippen LogP contribution in [0.2, 0.25) is 0 Å². The molecule has 0 saturated carbocycles. The minimum Gasteiger partial charge on any atom is -0.481 e. The van der Waals surface area contributed by atoms with Crippen molar-refractivity contribution >= 4 is 27.8 Å². The maximum absolute atomic E-state index is 12.4. The summed E-state index contributed by atoms with van der Waals surface area (Å²) >= 11 is 3.37. The van der Waals surface area contributed by atoms with Crippen molar-refractivity contribution < 1.29 is 14.7 Å². The van der Waals surface area contributed by atoms with Crippen LogP contribution in [-0.4, -0.2) is 44.5 Å². The van der Waals surface area contributed by atoms with E-state index in [0.29, 0.717) is 18.7 Å². The van der Waals surface area contributed by atoms with Crippen molar-refractivity contribution in [1.82, 2.24) is 14.5 Å². The number of rotatable bonds is 3.